The molecule has 6 aromatic rings. The van der Waals surface area contributed by atoms with Crippen molar-refractivity contribution >= 4 is 131 Å². The third-order valence-electron chi connectivity index (χ3n) is 19.0. The number of benzene rings is 6. The highest BCUT2D eigenvalue weighted by atomic mass is 79.9. The first-order valence-corrected chi connectivity index (χ1v) is 41.7. The Labute approximate surface area is 694 Å². The van der Waals surface area contributed by atoms with Gasteiger partial charge >= 0.3 is 35.8 Å². The number of hydrogen-bond acceptors (Lipinski definition) is 12. The number of fused-ring (bicyclic) bond motifs is 12. The molecule has 0 aromatic heterocycles. The molecule has 108 heavy (non-hydrogen) atoms. The second-order valence-corrected chi connectivity index (χ2v) is 50.4. The summed E-state index contributed by atoms with van der Waals surface area (Å²) in [6, 6.07) is 24.7. The van der Waals surface area contributed by atoms with Crippen molar-refractivity contribution in [3.63, 3.8) is 0 Å². The fourth-order valence-corrected chi connectivity index (χ4v) is 12.5. The molecule has 0 heterocycles. The van der Waals surface area contributed by atoms with E-state index in [0.29, 0.717) is 66.8 Å². The average molecular weight is 1870 g/mol. The molecular weight excluding hydrogens is 1750 g/mol. The molecule has 0 radical (unpaired) electrons. The highest BCUT2D eigenvalue weighted by Crippen LogP contribution is 2.48. The lowest BCUT2D eigenvalue weighted by molar-refractivity contribution is -0.137. The highest BCUT2D eigenvalue weighted by Gasteiger charge is 2.39. The Morgan fingerprint density at radius 2 is 0.278 bits per heavy atom. The lowest BCUT2D eigenvalue weighted by Crippen LogP contribution is -2.31. The van der Waals surface area contributed by atoms with E-state index >= 15 is 28.8 Å². The van der Waals surface area contributed by atoms with Gasteiger partial charge in [-0.25, -0.2) is 0 Å². The van der Waals surface area contributed by atoms with Gasteiger partial charge in [0.15, 0.2) is 0 Å². The largest absolute Gasteiger partial charge is 0.425 e. The molecule has 0 fully saturated rings. The molecule has 7 rings (SSSR count). The van der Waals surface area contributed by atoms with Crippen LogP contribution in [0.25, 0.3) is 0 Å². The Bertz CT molecular complexity index is 3630. The maximum absolute atomic E-state index is 15.0. The number of carbonyl (C=O) groups excluding carboxylic acids is 6. The van der Waals surface area contributed by atoms with Gasteiger partial charge in [-0.3, -0.25) is 28.8 Å². The standard InChI is InChI=1S/C90H114Br6O12/c1-79(2,3)61-37-49-31-51-39-62(80(4,5)6)41-53(68(51)104-74(98)86(21,22)92)33-55-43-64(82(10,11)12)45-57(70(55)106-76(100)88(25,26)94)35-59-47-66(84(16,17)18)48-60(72(59)108-78(102)90(29,30)96)36-58-46-65(83(13,14)15)44-56(71(58)107-77(101)89(27,28)95)34-54-42-63(81(7,8)9)40-52(69(54)105-75(99)87(23,24)93)32-50(38-61)67(49)103-73(97)85(19,20)91/h37-48H,31-36H2,1-30H3. The summed E-state index contributed by atoms with van der Waals surface area (Å²) in [4.78, 5) is 90.1. The summed E-state index contributed by atoms with van der Waals surface area (Å²) in [6.45, 7) is 58.9. The van der Waals surface area contributed by atoms with Crippen molar-refractivity contribution in [2.24, 2.45) is 0 Å². The van der Waals surface area contributed by atoms with Crippen LogP contribution in [-0.4, -0.2) is 61.8 Å². The second-order valence-electron chi connectivity index (χ2n) is 38.5. The number of ether oxygens (including phenoxy) is 6. The molecule has 0 amide bonds. The quantitative estimate of drug-likeness (QED) is 0.0649. The fraction of sp³-hybridized carbons (Fsp3) is 0.533. The van der Waals surface area contributed by atoms with E-state index in [1.54, 1.807) is 83.1 Å². The van der Waals surface area contributed by atoms with E-state index in [1.165, 1.54) is 0 Å². The van der Waals surface area contributed by atoms with Crippen molar-refractivity contribution in [3.05, 3.63) is 173 Å². The molecule has 0 atom stereocenters. The minimum atomic E-state index is -1.20. The summed E-state index contributed by atoms with van der Waals surface area (Å²) >= 11 is 22.0. The summed E-state index contributed by atoms with van der Waals surface area (Å²) in [6.07, 6.45) is 0.265. The van der Waals surface area contributed by atoms with Crippen LogP contribution >= 0.6 is 95.6 Å². The summed E-state index contributed by atoms with van der Waals surface area (Å²) in [7, 11) is 0. The predicted molar refractivity (Wildman–Crippen MR) is 460 cm³/mol. The highest BCUT2D eigenvalue weighted by molar-refractivity contribution is 9.11. The minimum absolute atomic E-state index is 0.0442. The monoisotopic (exact) mass is 1860 g/mol. The van der Waals surface area contributed by atoms with Crippen molar-refractivity contribution in [2.45, 2.75) is 305 Å². The Balaban J connectivity index is 1.89. The number of carbonyl (C=O) groups is 6. The van der Waals surface area contributed by atoms with E-state index in [9.17, 15) is 0 Å². The van der Waals surface area contributed by atoms with E-state index in [1.807, 2.05) is 0 Å². The first kappa shape index (κ1) is 90.2. The number of esters is 6. The van der Waals surface area contributed by atoms with Crippen LogP contribution in [0.3, 0.4) is 0 Å². The van der Waals surface area contributed by atoms with Crippen LogP contribution in [0.15, 0.2) is 72.8 Å². The van der Waals surface area contributed by atoms with Gasteiger partial charge in [-0.15, -0.1) is 0 Å². The van der Waals surface area contributed by atoms with Gasteiger partial charge in [-0.2, -0.15) is 0 Å². The Morgan fingerprint density at radius 3 is 0.343 bits per heavy atom. The van der Waals surface area contributed by atoms with Crippen molar-refractivity contribution in [1.82, 2.24) is 0 Å². The minimum Gasteiger partial charge on any atom is -0.425 e. The molecule has 0 N–H and O–H groups in total. The molecule has 0 saturated heterocycles. The van der Waals surface area contributed by atoms with Crippen LogP contribution in [0.5, 0.6) is 34.5 Å². The van der Waals surface area contributed by atoms with Gasteiger partial charge in [-0.1, -0.05) is 293 Å². The molecule has 0 saturated carbocycles. The number of hydrogen-bond donors (Lipinski definition) is 0. The molecule has 1 aliphatic rings. The molecule has 6 aromatic carbocycles. The lowest BCUT2D eigenvalue weighted by Gasteiger charge is -2.30. The van der Waals surface area contributed by atoms with E-state index in [0.717, 1.165) is 33.4 Å². The van der Waals surface area contributed by atoms with Gasteiger partial charge < -0.3 is 28.4 Å². The first-order valence-electron chi connectivity index (χ1n) is 37.0. The van der Waals surface area contributed by atoms with Crippen molar-refractivity contribution < 1.29 is 57.2 Å². The third kappa shape index (κ3) is 22.7. The van der Waals surface area contributed by atoms with Crippen LogP contribution in [0, 0.1) is 0 Å². The van der Waals surface area contributed by atoms with Gasteiger partial charge in [0.25, 0.3) is 0 Å². The maximum atomic E-state index is 15.0. The molecule has 18 heteroatoms. The topological polar surface area (TPSA) is 158 Å². The van der Waals surface area contributed by atoms with Crippen LogP contribution in [-0.2, 0) is 99.8 Å². The molecule has 12 bridgehead atoms. The van der Waals surface area contributed by atoms with E-state index in [4.69, 9.17) is 28.4 Å². The van der Waals surface area contributed by atoms with E-state index < -0.39 is 94.3 Å². The maximum Gasteiger partial charge on any atom is 0.327 e. The normalized spacial score (nSPS) is 14.1. The zero-order chi connectivity index (χ0) is 82.3. The van der Waals surface area contributed by atoms with Gasteiger partial charge in [0.1, 0.15) is 60.4 Å². The summed E-state index contributed by atoms with van der Waals surface area (Å²) in [5.74, 6) is -1.99. The second kappa shape index (κ2) is 31.8. The lowest BCUT2D eigenvalue weighted by atomic mass is 9.79. The van der Waals surface area contributed by atoms with Crippen LogP contribution in [0.1, 0.15) is 308 Å². The Kier molecular flexibility index (Phi) is 26.5. The van der Waals surface area contributed by atoms with Crippen LogP contribution < -0.4 is 28.4 Å². The molecule has 12 nitrogen and oxygen atoms in total. The molecule has 0 spiro atoms. The SMILES string of the molecule is CC(C)(Br)C(=O)Oc1c2cc(C(C)(C)C)cc1Cc1cc(C(C)(C)C)cc(c1OC(=O)C(C)(C)Br)Cc1cc(C(C)(C)C)cc(c1OC(=O)C(C)(C)Br)Cc1cc(C(C)(C)C)cc(c1OC(=O)C(C)(C)Br)Cc1cc(C(C)(C)C)cc(c1OC(=O)C(C)(C)Br)Cc1cc(C(C)(C)C)cc(c1OC(=O)C(C)(C)Br)C2. The van der Waals surface area contributed by atoms with Crippen molar-refractivity contribution in [1.29, 1.82) is 0 Å². The van der Waals surface area contributed by atoms with Gasteiger partial charge in [0, 0.05) is 105 Å². The summed E-state index contributed by atoms with van der Waals surface area (Å²) in [5.41, 5.74) is 9.21. The third-order valence-corrected chi connectivity index (χ3v) is 21.0. The summed E-state index contributed by atoms with van der Waals surface area (Å²) in [5, 5.41) is 0. The van der Waals surface area contributed by atoms with E-state index in [-0.39, 0.29) is 73.0 Å². The number of rotatable bonds is 12. The van der Waals surface area contributed by atoms with Gasteiger partial charge in [-0.05, 0) is 149 Å². The smallest absolute Gasteiger partial charge is 0.327 e. The average Bonchev–Trinajstić information content (AvgIpc) is 0.762. The first-order chi connectivity index (χ1) is 48.5. The van der Waals surface area contributed by atoms with Gasteiger partial charge in [0.2, 0.25) is 0 Å². The molecule has 0 unspecified atom stereocenters. The number of alkyl halides is 6. The zero-order valence-corrected chi connectivity index (χ0v) is 78.9. The van der Waals surface area contributed by atoms with Crippen LogP contribution in [0.4, 0.5) is 0 Å². The predicted octanol–water partition coefficient (Wildman–Crippen LogP) is 23.8. The number of halogens is 6. The van der Waals surface area contributed by atoms with Crippen molar-refractivity contribution in [2.75, 3.05) is 0 Å². The molecule has 1 aliphatic carbocycles. The Hall–Kier alpha value is -4.98. The van der Waals surface area contributed by atoms with Crippen molar-refractivity contribution in [3.8, 4) is 34.5 Å². The molecular formula is C90H114Br6O12. The molecule has 588 valence electrons. The summed E-state index contributed by atoms with van der Waals surface area (Å²) < 4.78 is 34.3. The van der Waals surface area contributed by atoms with Crippen LogP contribution in [0.2, 0.25) is 0 Å². The van der Waals surface area contributed by atoms with E-state index in [2.05, 4.69) is 293 Å². The van der Waals surface area contributed by atoms with Gasteiger partial charge in [0.05, 0.1) is 0 Å². The Morgan fingerprint density at radius 1 is 0.194 bits per heavy atom. The molecule has 0 aliphatic heterocycles. The fourth-order valence-electron chi connectivity index (χ4n) is 12.0. The zero-order valence-electron chi connectivity index (χ0n) is 69.3.